The molecule has 1 aliphatic rings. The lowest BCUT2D eigenvalue weighted by atomic mass is 10.0. The van der Waals surface area contributed by atoms with Gasteiger partial charge in [0, 0.05) is 12.6 Å². The van der Waals surface area contributed by atoms with Crippen molar-refractivity contribution in [2.45, 2.75) is 26.0 Å². The zero-order chi connectivity index (χ0) is 11.4. The van der Waals surface area contributed by atoms with Gasteiger partial charge in [-0.15, -0.1) is 0 Å². The van der Waals surface area contributed by atoms with Gasteiger partial charge in [0.15, 0.2) is 0 Å². The Bertz CT molecular complexity index is 221. The molecule has 0 bridgehead atoms. The number of carbonyl (C=O) groups is 1. The van der Waals surface area contributed by atoms with Crippen molar-refractivity contribution in [2.24, 2.45) is 17.6 Å². The first-order valence-corrected chi connectivity index (χ1v) is 5.31. The average Bonchev–Trinajstić information content (AvgIpc) is 2.60. The van der Waals surface area contributed by atoms with Crippen molar-refractivity contribution >= 4 is 5.91 Å². The van der Waals surface area contributed by atoms with Crippen molar-refractivity contribution in [1.82, 2.24) is 5.32 Å². The first kappa shape index (κ1) is 12.4. The quantitative estimate of drug-likeness (QED) is 0.568. The van der Waals surface area contributed by atoms with Crippen LogP contribution in [-0.2, 0) is 9.53 Å². The Morgan fingerprint density at radius 2 is 2.27 bits per heavy atom. The molecule has 0 aliphatic carbocycles. The SMILES string of the molecule is CC(C)C(O)CNC(=O)C1COCC1N. The van der Waals surface area contributed by atoms with Crippen LogP contribution in [0.5, 0.6) is 0 Å². The minimum Gasteiger partial charge on any atom is -0.391 e. The summed E-state index contributed by atoms with van der Waals surface area (Å²) >= 11 is 0. The van der Waals surface area contributed by atoms with Crippen LogP contribution in [0.15, 0.2) is 0 Å². The lowest BCUT2D eigenvalue weighted by Crippen LogP contribution is -2.44. The fraction of sp³-hybridized carbons (Fsp3) is 0.900. The van der Waals surface area contributed by atoms with Crippen LogP contribution >= 0.6 is 0 Å². The van der Waals surface area contributed by atoms with Crippen molar-refractivity contribution in [2.75, 3.05) is 19.8 Å². The van der Waals surface area contributed by atoms with Gasteiger partial charge in [0.2, 0.25) is 5.91 Å². The topological polar surface area (TPSA) is 84.6 Å². The summed E-state index contributed by atoms with van der Waals surface area (Å²) in [4.78, 5) is 11.6. The number of rotatable bonds is 4. The van der Waals surface area contributed by atoms with Crippen molar-refractivity contribution in [3.63, 3.8) is 0 Å². The van der Waals surface area contributed by atoms with Gasteiger partial charge in [-0.05, 0) is 5.92 Å². The van der Waals surface area contributed by atoms with Crippen LogP contribution in [0, 0.1) is 11.8 Å². The van der Waals surface area contributed by atoms with Crippen LogP contribution in [0.4, 0.5) is 0 Å². The van der Waals surface area contributed by atoms with E-state index in [0.717, 1.165) is 0 Å². The average molecular weight is 216 g/mol. The van der Waals surface area contributed by atoms with E-state index in [2.05, 4.69) is 5.32 Å². The number of nitrogens with one attached hydrogen (secondary N) is 1. The Morgan fingerprint density at radius 3 is 2.73 bits per heavy atom. The molecule has 3 atom stereocenters. The third-order valence-electron chi connectivity index (χ3n) is 2.72. The van der Waals surface area contributed by atoms with Crippen LogP contribution in [0.3, 0.4) is 0 Å². The van der Waals surface area contributed by atoms with Crippen LogP contribution in [0.1, 0.15) is 13.8 Å². The summed E-state index contributed by atoms with van der Waals surface area (Å²) in [5, 5.41) is 12.2. The standard InChI is InChI=1S/C10H20N2O3/c1-6(2)9(13)3-12-10(14)7-4-15-5-8(7)11/h6-9,13H,3-5,11H2,1-2H3,(H,12,14). The molecule has 88 valence electrons. The Kier molecular flexibility index (Phi) is 4.50. The van der Waals surface area contributed by atoms with Crippen LogP contribution < -0.4 is 11.1 Å². The van der Waals surface area contributed by atoms with Crippen molar-refractivity contribution < 1.29 is 14.6 Å². The lowest BCUT2D eigenvalue weighted by molar-refractivity contribution is -0.125. The second kappa shape index (κ2) is 5.44. The van der Waals surface area contributed by atoms with Crippen molar-refractivity contribution in [1.29, 1.82) is 0 Å². The summed E-state index contributed by atoms with van der Waals surface area (Å²) in [5.74, 6) is -0.261. The predicted molar refractivity (Wildman–Crippen MR) is 56.1 cm³/mol. The molecular weight excluding hydrogens is 196 g/mol. The molecule has 0 spiro atoms. The molecule has 5 heteroatoms. The van der Waals surface area contributed by atoms with E-state index in [1.54, 1.807) is 0 Å². The van der Waals surface area contributed by atoms with Crippen LogP contribution in [0.25, 0.3) is 0 Å². The second-order valence-corrected chi connectivity index (χ2v) is 4.36. The summed E-state index contributed by atoms with van der Waals surface area (Å²) in [6.45, 7) is 4.90. The van der Waals surface area contributed by atoms with E-state index >= 15 is 0 Å². The third kappa shape index (κ3) is 3.44. The number of hydrogen-bond acceptors (Lipinski definition) is 4. The number of hydrogen-bond donors (Lipinski definition) is 3. The largest absolute Gasteiger partial charge is 0.391 e. The van der Waals surface area contributed by atoms with Crippen molar-refractivity contribution in [3.05, 3.63) is 0 Å². The van der Waals surface area contributed by atoms with Gasteiger partial charge in [-0.3, -0.25) is 4.79 Å². The highest BCUT2D eigenvalue weighted by Crippen LogP contribution is 2.11. The molecule has 1 saturated heterocycles. The molecule has 5 nitrogen and oxygen atoms in total. The van der Waals surface area contributed by atoms with Crippen molar-refractivity contribution in [3.8, 4) is 0 Å². The first-order chi connectivity index (χ1) is 7.02. The van der Waals surface area contributed by atoms with E-state index < -0.39 is 6.10 Å². The highest BCUT2D eigenvalue weighted by Gasteiger charge is 2.31. The zero-order valence-electron chi connectivity index (χ0n) is 9.27. The Labute approximate surface area is 90.0 Å². The molecule has 0 saturated carbocycles. The lowest BCUT2D eigenvalue weighted by Gasteiger charge is -2.18. The second-order valence-electron chi connectivity index (χ2n) is 4.36. The number of aliphatic hydroxyl groups is 1. The Hall–Kier alpha value is -0.650. The van der Waals surface area contributed by atoms with Crippen LogP contribution in [-0.4, -0.2) is 42.9 Å². The zero-order valence-corrected chi connectivity index (χ0v) is 9.27. The number of nitrogens with two attached hydrogens (primary N) is 1. The summed E-state index contributed by atoms with van der Waals surface area (Å²) in [7, 11) is 0. The number of carbonyl (C=O) groups excluding carboxylic acids is 1. The molecule has 1 fully saturated rings. The fourth-order valence-corrected chi connectivity index (χ4v) is 1.41. The monoisotopic (exact) mass is 216 g/mol. The smallest absolute Gasteiger partial charge is 0.227 e. The molecule has 1 amide bonds. The maximum atomic E-state index is 11.6. The summed E-state index contributed by atoms with van der Waals surface area (Å²) in [5.41, 5.74) is 5.70. The third-order valence-corrected chi connectivity index (χ3v) is 2.72. The van der Waals surface area contributed by atoms with E-state index in [-0.39, 0.29) is 30.3 Å². The minimum absolute atomic E-state index is 0.125. The summed E-state index contributed by atoms with van der Waals surface area (Å²) < 4.78 is 5.10. The molecule has 0 radical (unpaired) electrons. The van der Waals surface area contributed by atoms with Gasteiger partial charge in [0.1, 0.15) is 0 Å². The maximum Gasteiger partial charge on any atom is 0.227 e. The molecule has 0 aromatic carbocycles. The summed E-state index contributed by atoms with van der Waals surface area (Å²) in [6, 6.07) is -0.221. The van der Waals surface area contributed by atoms with Gasteiger partial charge in [-0.2, -0.15) is 0 Å². The molecule has 0 aromatic rings. The van der Waals surface area contributed by atoms with Gasteiger partial charge in [0.25, 0.3) is 0 Å². The molecule has 1 aliphatic heterocycles. The van der Waals surface area contributed by atoms with Gasteiger partial charge in [0.05, 0.1) is 25.2 Å². The minimum atomic E-state index is -0.507. The normalized spacial score (nSPS) is 28.1. The van der Waals surface area contributed by atoms with E-state index in [4.69, 9.17) is 10.5 Å². The molecule has 15 heavy (non-hydrogen) atoms. The van der Waals surface area contributed by atoms with Crippen LogP contribution in [0.2, 0.25) is 0 Å². The van der Waals surface area contributed by atoms with Gasteiger partial charge >= 0.3 is 0 Å². The molecule has 1 heterocycles. The number of amides is 1. The van der Waals surface area contributed by atoms with Gasteiger partial charge in [-0.1, -0.05) is 13.8 Å². The summed E-state index contributed by atoms with van der Waals surface area (Å²) in [6.07, 6.45) is -0.507. The molecule has 4 N–H and O–H groups in total. The Morgan fingerprint density at radius 1 is 1.60 bits per heavy atom. The molecule has 1 rings (SSSR count). The molecular formula is C10H20N2O3. The van der Waals surface area contributed by atoms with Gasteiger partial charge < -0.3 is 20.9 Å². The van der Waals surface area contributed by atoms with E-state index in [0.29, 0.717) is 13.2 Å². The number of aliphatic hydroxyl groups excluding tert-OH is 1. The predicted octanol–water partition coefficient (Wildman–Crippen LogP) is -0.907. The van der Waals surface area contributed by atoms with E-state index in [1.807, 2.05) is 13.8 Å². The molecule has 3 unspecified atom stereocenters. The number of ether oxygens (including phenoxy) is 1. The van der Waals surface area contributed by atoms with E-state index in [9.17, 15) is 9.90 Å². The first-order valence-electron chi connectivity index (χ1n) is 5.31. The highest BCUT2D eigenvalue weighted by molar-refractivity contribution is 5.79. The van der Waals surface area contributed by atoms with E-state index in [1.165, 1.54) is 0 Å². The highest BCUT2D eigenvalue weighted by atomic mass is 16.5. The fourth-order valence-electron chi connectivity index (χ4n) is 1.41. The molecule has 0 aromatic heterocycles. The Balaban J connectivity index is 2.29. The van der Waals surface area contributed by atoms with Gasteiger partial charge in [-0.25, -0.2) is 0 Å². The maximum absolute atomic E-state index is 11.6.